The molecule has 0 saturated carbocycles. The summed E-state index contributed by atoms with van der Waals surface area (Å²) in [7, 11) is -1.65. The lowest BCUT2D eigenvalue weighted by molar-refractivity contribution is -0.384. The van der Waals surface area contributed by atoms with Crippen LogP contribution in [-0.4, -0.2) is 31.9 Å². The van der Waals surface area contributed by atoms with Crippen LogP contribution in [0.1, 0.15) is 0 Å². The third-order valence-corrected chi connectivity index (χ3v) is 2.24. The van der Waals surface area contributed by atoms with E-state index in [1.165, 1.54) is 41.2 Å². The fourth-order valence-electron chi connectivity index (χ4n) is 1.44. The molecule has 0 atom stereocenters. The minimum absolute atomic E-state index is 0.0352. The third kappa shape index (κ3) is 2.17. The van der Waals surface area contributed by atoms with Crippen LogP contribution < -0.4 is 5.59 Å². The zero-order valence-electron chi connectivity index (χ0n) is 8.59. The van der Waals surface area contributed by atoms with E-state index in [-0.39, 0.29) is 11.3 Å². The van der Waals surface area contributed by atoms with E-state index in [2.05, 4.69) is 5.10 Å². The SMILES string of the molecule is O=[N+]([O-])c1ccc(-n2nccc2B(O)O)cc1. The average Bonchev–Trinajstić information content (AvgIpc) is 2.78. The van der Waals surface area contributed by atoms with Crippen molar-refractivity contribution in [2.24, 2.45) is 0 Å². The van der Waals surface area contributed by atoms with Crippen molar-refractivity contribution in [3.63, 3.8) is 0 Å². The summed E-state index contributed by atoms with van der Waals surface area (Å²) < 4.78 is 1.30. The Labute approximate surface area is 96.2 Å². The molecule has 0 amide bonds. The first-order valence-corrected chi connectivity index (χ1v) is 4.74. The van der Waals surface area contributed by atoms with Gasteiger partial charge in [0.25, 0.3) is 5.69 Å². The summed E-state index contributed by atoms with van der Waals surface area (Å²) in [5.74, 6) is 0. The van der Waals surface area contributed by atoms with Crippen LogP contribution in [0.3, 0.4) is 0 Å². The topological polar surface area (TPSA) is 101 Å². The van der Waals surface area contributed by atoms with Gasteiger partial charge in [0.05, 0.1) is 16.2 Å². The van der Waals surface area contributed by atoms with Crippen molar-refractivity contribution in [2.75, 3.05) is 0 Å². The molecule has 7 nitrogen and oxygen atoms in total. The first-order valence-electron chi connectivity index (χ1n) is 4.74. The standard InChI is InChI=1S/C9H8BN3O4/c14-10(15)9-5-6-11-12(9)7-1-3-8(4-2-7)13(16)17/h1-6,14-15H. The maximum atomic E-state index is 10.5. The van der Waals surface area contributed by atoms with Crippen molar-refractivity contribution < 1.29 is 15.0 Å². The van der Waals surface area contributed by atoms with Crippen LogP contribution >= 0.6 is 0 Å². The maximum Gasteiger partial charge on any atom is 0.508 e. The molecule has 0 saturated heterocycles. The van der Waals surface area contributed by atoms with Gasteiger partial charge in [-0.15, -0.1) is 0 Å². The molecular formula is C9H8BN3O4. The molecule has 0 aliphatic rings. The Morgan fingerprint density at radius 1 is 1.24 bits per heavy atom. The molecule has 0 unspecified atom stereocenters. The van der Waals surface area contributed by atoms with Gasteiger partial charge in [-0.3, -0.25) is 10.1 Å². The first kappa shape index (κ1) is 11.3. The quantitative estimate of drug-likeness (QED) is 0.421. The van der Waals surface area contributed by atoms with Gasteiger partial charge in [0, 0.05) is 18.3 Å². The lowest BCUT2D eigenvalue weighted by Crippen LogP contribution is -2.35. The Balaban J connectivity index is 2.40. The highest BCUT2D eigenvalue weighted by atomic mass is 16.6. The molecule has 1 aromatic carbocycles. The largest absolute Gasteiger partial charge is 0.508 e. The molecule has 17 heavy (non-hydrogen) atoms. The van der Waals surface area contributed by atoms with Crippen LogP contribution in [0.15, 0.2) is 36.5 Å². The Hall–Kier alpha value is -2.19. The smallest absolute Gasteiger partial charge is 0.422 e. The number of hydrogen-bond donors (Lipinski definition) is 2. The highest BCUT2D eigenvalue weighted by Gasteiger charge is 2.18. The molecule has 86 valence electrons. The van der Waals surface area contributed by atoms with E-state index in [0.717, 1.165) is 0 Å². The second-order valence-corrected chi connectivity index (χ2v) is 3.32. The minimum Gasteiger partial charge on any atom is -0.422 e. The van der Waals surface area contributed by atoms with Crippen LogP contribution in [0.5, 0.6) is 0 Å². The summed E-state index contributed by atoms with van der Waals surface area (Å²) in [6, 6.07) is 7.06. The van der Waals surface area contributed by atoms with E-state index >= 15 is 0 Å². The molecule has 2 aromatic rings. The molecule has 1 heterocycles. The summed E-state index contributed by atoms with van der Waals surface area (Å²) >= 11 is 0. The highest BCUT2D eigenvalue weighted by molar-refractivity contribution is 6.57. The van der Waals surface area contributed by atoms with Crippen molar-refractivity contribution in [2.45, 2.75) is 0 Å². The second-order valence-electron chi connectivity index (χ2n) is 3.32. The zero-order valence-corrected chi connectivity index (χ0v) is 8.59. The summed E-state index contributed by atoms with van der Waals surface area (Å²) in [5, 5.41) is 32.6. The van der Waals surface area contributed by atoms with Gasteiger partial charge in [-0.25, -0.2) is 4.68 Å². The molecule has 0 aliphatic heterocycles. The molecule has 0 radical (unpaired) electrons. The Morgan fingerprint density at radius 2 is 1.88 bits per heavy atom. The Kier molecular flexibility index (Phi) is 2.90. The van der Waals surface area contributed by atoms with Gasteiger partial charge in [0.15, 0.2) is 0 Å². The summed E-state index contributed by atoms with van der Waals surface area (Å²) in [6.45, 7) is 0. The number of non-ortho nitro benzene ring substituents is 1. The molecule has 0 bridgehead atoms. The molecule has 2 rings (SSSR count). The number of hydrogen-bond acceptors (Lipinski definition) is 5. The maximum absolute atomic E-state index is 10.5. The van der Waals surface area contributed by atoms with E-state index in [9.17, 15) is 10.1 Å². The van der Waals surface area contributed by atoms with Crippen LogP contribution in [-0.2, 0) is 0 Å². The molecule has 8 heteroatoms. The van der Waals surface area contributed by atoms with Crippen LogP contribution in [0, 0.1) is 10.1 Å². The van der Waals surface area contributed by atoms with E-state index in [4.69, 9.17) is 10.0 Å². The summed E-state index contributed by atoms with van der Waals surface area (Å²) in [4.78, 5) is 9.97. The van der Waals surface area contributed by atoms with Gasteiger partial charge in [-0.1, -0.05) is 0 Å². The minimum atomic E-state index is -1.65. The van der Waals surface area contributed by atoms with Gasteiger partial charge < -0.3 is 10.0 Å². The zero-order chi connectivity index (χ0) is 12.4. The van der Waals surface area contributed by atoms with Crippen LogP contribution in [0.4, 0.5) is 5.69 Å². The molecule has 1 aromatic heterocycles. The third-order valence-electron chi connectivity index (χ3n) is 2.24. The van der Waals surface area contributed by atoms with Crippen molar-refractivity contribution in [1.29, 1.82) is 0 Å². The van der Waals surface area contributed by atoms with Gasteiger partial charge in [-0.05, 0) is 18.2 Å². The predicted octanol–water partition coefficient (Wildman–Crippen LogP) is -0.540. The Bertz CT molecular complexity index is 537. The number of nitrogens with zero attached hydrogens (tertiary/aromatic N) is 3. The van der Waals surface area contributed by atoms with Crippen molar-refractivity contribution in [3.05, 3.63) is 46.6 Å². The predicted molar refractivity (Wildman–Crippen MR) is 60.0 cm³/mol. The van der Waals surface area contributed by atoms with Gasteiger partial charge in [-0.2, -0.15) is 5.10 Å². The van der Waals surface area contributed by atoms with Crippen molar-refractivity contribution in [1.82, 2.24) is 9.78 Å². The number of nitro benzene ring substituents is 1. The number of benzene rings is 1. The van der Waals surface area contributed by atoms with E-state index in [1.54, 1.807) is 0 Å². The summed E-state index contributed by atoms with van der Waals surface area (Å²) in [5.41, 5.74) is 0.676. The lowest BCUT2D eigenvalue weighted by Gasteiger charge is -2.05. The van der Waals surface area contributed by atoms with E-state index < -0.39 is 12.0 Å². The van der Waals surface area contributed by atoms with Gasteiger partial charge in [0.2, 0.25) is 0 Å². The molecule has 0 fully saturated rings. The average molecular weight is 233 g/mol. The Morgan fingerprint density at radius 3 is 2.41 bits per heavy atom. The normalized spacial score (nSPS) is 10.2. The lowest BCUT2D eigenvalue weighted by atomic mass is 9.86. The van der Waals surface area contributed by atoms with E-state index in [1.807, 2.05) is 0 Å². The molecule has 0 aliphatic carbocycles. The van der Waals surface area contributed by atoms with Gasteiger partial charge >= 0.3 is 7.12 Å². The molecule has 2 N–H and O–H groups in total. The number of rotatable bonds is 3. The highest BCUT2D eigenvalue weighted by Crippen LogP contribution is 2.13. The second kappa shape index (κ2) is 4.36. The number of nitro groups is 1. The number of aromatic nitrogens is 2. The van der Waals surface area contributed by atoms with Gasteiger partial charge in [0.1, 0.15) is 0 Å². The monoisotopic (exact) mass is 233 g/mol. The first-order chi connectivity index (χ1) is 8.09. The van der Waals surface area contributed by atoms with Crippen LogP contribution in [0.25, 0.3) is 5.69 Å². The molecule has 0 spiro atoms. The fourth-order valence-corrected chi connectivity index (χ4v) is 1.44. The fraction of sp³-hybridized carbons (Fsp3) is 0. The summed E-state index contributed by atoms with van der Waals surface area (Å²) in [6.07, 6.45) is 1.41. The van der Waals surface area contributed by atoms with Crippen molar-refractivity contribution >= 4 is 18.4 Å². The van der Waals surface area contributed by atoms with Crippen LogP contribution in [0.2, 0.25) is 0 Å². The van der Waals surface area contributed by atoms with E-state index in [0.29, 0.717) is 5.69 Å². The molecular weight excluding hydrogens is 225 g/mol. The van der Waals surface area contributed by atoms with Crippen molar-refractivity contribution in [3.8, 4) is 5.69 Å².